The first-order valence-corrected chi connectivity index (χ1v) is 13.6. The molecular formula is C27H27ClFN3O6S. The van der Waals surface area contributed by atoms with Crippen molar-refractivity contribution in [1.82, 2.24) is 9.80 Å². The number of carbonyl (C=O) groups excluding carboxylic acids is 4. The van der Waals surface area contributed by atoms with Gasteiger partial charge in [0.1, 0.15) is 12.4 Å². The molecule has 206 valence electrons. The Morgan fingerprint density at radius 1 is 1.10 bits per heavy atom. The maximum absolute atomic E-state index is 13.1. The van der Waals surface area contributed by atoms with E-state index < -0.39 is 22.9 Å². The van der Waals surface area contributed by atoms with Gasteiger partial charge in [-0.3, -0.25) is 24.1 Å². The van der Waals surface area contributed by atoms with E-state index in [1.54, 1.807) is 17.9 Å². The molecule has 2 saturated heterocycles. The molecule has 12 heteroatoms. The van der Waals surface area contributed by atoms with Crippen LogP contribution >= 0.6 is 23.4 Å². The number of hydrogen-bond donors (Lipinski definition) is 1. The van der Waals surface area contributed by atoms with Crippen LogP contribution in [0.4, 0.5) is 14.9 Å². The number of ether oxygens (including phenoxy) is 2. The molecule has 0 bridgehead atoms. The fraction of sp³-hybridized carbons (Fsp3) is 0.333. The average Bonchev–Trinajstić information content (AvgIpc) is 3.17. The number of benzene rings is 2. The second kappa shape index (κ2) is 13.0. The maximum atomic E-state index is 13.1. The standard InChI is InChI=1S/C27H27ClFN3O6S/c1-2-37-21-13-17(12-20(28)25(21)38-16-23(33)30-19-8-6-18(29)7-9-19)14-22-26(35)32(27(36)39-22)15-24(34)31-10-4-3-5-11-31/h6-9,12-14H,2-5,10-11,15-16H2,1H3,(H,30,33)/b22-14-. The summed E-state index contributed by atoms with van der Waals surface area (Å²) in [5.41, 5.74) is 0.877. The van der Waals surface area contributed by atoms with Gasteiger partial charge in [0.05, 0.1) is 16.5 Å². The highest BCUT2D eigenvalue weighted by Crippen LogP contribution is 2.39. The van der Waals surface area contributed by atoms with Gasteiger partial charge in [0.2, 0.25) is 5.91 Å². The lowest BCUT2D eigenvalue weighted by Gasteiger charge is -2.27. The summed E-state index contributed by atoms with van der Waals surface area (Å²) >= 11 is 7.19. The van der Waals surface area contributed by atoms with Crippen molar-refractivity contribution in [3.8, 4) is 11.5 Å². The van der Waals surface area contributed by atoms with Crippen molar-refractivity contribution in [2.24, 2.45) is 0 Å². The van der Waals surface area contributed by atoms with E-state index in [4.69, 9.17) is 21.1 Å². The lowest BCUT2D eigenvalue weighted by atomic mass is 10.1. The zero-order valence-corrected chi connectivity index (χ0v) is 22.8. The molecule has 2 heterocycles. The van der Waals surface area contributed by atoms with Gasteiger partial charge in [-0.2, -0.15) is 0 Å². The molecule has 39 heavy (non-hydrogen) atoms. The molecule has 4 amide bonds. The number of rotatable bonds is 9. The van der Waals surface area contributed by atoms with E-state index in [9.17, 15) is 23.6 Å². The normalized spacial score (nSPS) is 16.5. The smallest absolute Gasteiger partial charge is 0.294 e. The van der Waals surface area contributed by atoms with Gasteiger partial charge in [-0.15, -0.1) is 0 Å². The number of thioether (sulfide) groups is 1. The van der Waals surface area contributed by atoms with Crippen molar-refractivity contribution < 1.29 is 33.0 Å². The summed E-state index contributed by atoms with van der Waals surface area (Å²) in [6.45, 7) is 2.61. The second-order valence-electron chi connectivity index (χ2n) is 8.82. The first-order chi connectivity index (χ1) is 18.7. The van der Waals surface area contributed by atoms with Gasteiger partial charge < -0.3 is 19.7 Å². The predicted octanol–water partition coefficient (Wildman–Crippen LogP) is 4.94. The van der Waals surface area contributed by atoms with Crippen LogP contribution in [0.2, 0.25) is 5.02 Å². The zero-order valence-electron chi connectivity index (χ0n) is 21.2. The number of nitrogens with one attached hydrogen (secondary N) is 1. The summed E-state index contributed by atoms with van der Waals surface area (Å²) in [6.07, 6.45) is 4.38. The lowest BCUT2D eigenvalue weighted by molar-refractivity contribution is -0.136. The van der Waals surface area contributed by atoms with Crippen LogP contribution in [-0.4, -0.2) is 65.6 Å². The minimum atomic E-state index is -0.553. The highest BCUT2D eigenvalue weighted by Gasteiger charge is 2.37. The topological polar surface area (TPSA) is 105 Å². The van der Waals surface area contributed by atoms with E-state index >= 15 is 0 Å². The van der Waals surface area contributed by atoms with Crippen LogP contribution < -0.4 is 14.8 Å². The number of piperidine rings is 1. The monoisotopic (exact) mass is 575 g/mol. The van der Waals surface area contributed by atoms with E-state index in [2.05, 4.69) is 5.32 Å². The van der Waals surface area contributed by atoms with Crippen molar-refractivity contribution in [3.05, 3.63) is 57.7 Å². The molecule has 0 atom stereocenters. The molecular weight excluding hydrogens is 549 g/mol. The summed E-state index contributed by atoms with van der Waals surface area (Å²) in [7, 11) is 0. The summed E-state index contributed by atoms with van der Waals surface area (Å²) in [4.78, 5) is 53.1. The maximum Gasteiger partial charge on any atom is 0.294 e. The summed E-state index contributed by atoms with van der Waals surface area (Å²) < 4.78 is 24.3. The van der Waals surface area contributed by atoms with Gasteiger partial charge in [-0.1, -0.05) is 11.6 Å². The number of likely N-dealkylation sites (tertiary alicyclic amines) is 1. The van der Waals surface area contributed by atoms with Gasteiger partial charge in [0, 0.05) is 18.8 Å². The fourth-order valence-corrected chi connectivity index (χ4v) is 5.22. The number of halogens is 2. The van der Waals surface area contributed by atoms with Gasteiger partial charge in [-0.25, -0.2) is 4.39 Å². The first kappa shape index (κ1) is 28.4. The summed E-state index contributed by atoms with van der Waals surface area (Å²) in [6, 6.07) is 8.39. The quantitative estimate of drug-likeness (QED) is 0.422. The third-order valence-corrected chi connectivity index (χ3v) is 7.17. The van der Waals surface area contributed by atoms with Crippen LogP contribution in [-0.2, 0) is 14.4 Å². The van der Waals surface area contributed by atoms with Gasteiger partial charge in [0.15, 0.2) is 18.1 Å². The van der Waals surface area contributed by atoms with Crippen molar-refractivity contribution in [3.63, 3.8) is 0 Å². The summed E-state index contributed by atoms with van der Waals surface area (Å²) in [5.74, 6) is -1.34. The second-order valence-corrected chi connectivity index (χ2v) is 10.2. The molecule has 2 aromatic carbocycles. The van der Waals surface area contributed by atoms with E-state index in [1.807, 2.05) is 0 Å². The molecule has 2 fully saturated rings. The van der Waals surface area contributed by atoms with Crippen LogP contribution in [0.25, 0.3) is 6.08 Å². The lowest BCUT2D eigenvalue weighted by Crippen LogP contribution is -2.44. The molecule has 0 unspecified atom stereocenters. The Hall–Kier alpha value is -3.57. The molecule has 2 aliphatic rings. The molecule has 4 rings (SSSR count). The van der Waals surface area contributed by atoms with Crippen LogP contribution in [0.5, 0.6) is 11.5 Å². The third-order valence-electron chi connectivity index (χ3n) is 5.98. The molecule has 9 nitrogen and oxygen atoms in total. The molecule has 0 saturated carbocycles. The Morgan fingerprint density at radius 3 is 2.51 bits per heavy atom. The number of nitrogens with zero attached hydrogens (tertiary/aromatic N) is 2. The minimum absolute atomic E-state index is 0.126. The molecule has 0 radical (unpaired) electrons. The Morgan fingerprint density at radius 2 is 1.82 bits per heavy atom. The van der Waals surface area contributed by atoms with Gasteiger partial charge in [-0.05, 0) is 86.0 Å². The third kappa shape index (κ3) is 7.30. The number of anilines is 1. The first-order valence-electron chi connectivity index (χ1n) is 12.4. The molecule has 0 spiro atoms. The van der Waals surface area contributed by atoms with Crippen LogP contribution in [0.15, 0.2) is 41.3 Å². The Kier molecular flexibility index (Phi) is 9.47. The number of imide groups is 1. The van der Waals surface area contributed by atoms with Crippen molar-refractivity contribution >= 4 is 58.1 Å². The minimum Gasteiger partial charge on any atom is -0.490 e. The summed E-state index contributed by atoms with van der Waals surface area (Å²) in [5, 5.41) is 2.20. The van der Waals surface area contributed by atoms with E-state index in [1.165, 1.54) is 36.4 Å². The Bertz CT molecular complexity index is 1300. The SMILES string of the molecule is CCOc1cc(/C=C2\SC(=O)N(CC(=O)N3CCCCC3)C2=O)cc(Cl)c1OCC(=O)Nc1ccc(F)cc1. The highest BCUT2D eigenvalue weighted by molar-refractivity contribution is 8.18. The van der Waals surface area contributed by atoms with Crippen molar-refractivity contribution in [2.45, 2.75) is 26.2 Å². The van der Waals surface area contributed by atoms with Crippen molar-refractivity contribution in [1.29, 1.82) is 0 Å². The van der Waals surface area contributed by atoms with E-state index in [0.29, 0.717) is 24.3 Å². The highest BCUT2D eigenvalue weighted by atomic mass is 35.5. The average molecular weight is 576 g/mol. The zero-order chi connectivity index (χ0) is 27.9. The van der Waals surface area contributed by atoms with Gasteiger partial charge in [0.25, 0.3) is 17.1 Å². The van der Waals surface area contributed by atoms with Crippen molar-refractivity contribution in [2.75, 3.05) is 38.2 Å². The Labute approximate surface area is 234 Å². The largest absolute Gasteiger partial charge is 0.490 e. The Balaban J connectivity index is 1.45. The van der Waals surface area contributed by atoms with Crippen LogP contribution in [0.3, 0.4) is 0 Å². The fourth-order valence-electron chi connectivity index (χ4n) is 4.11. The molecule has 1 N–H and O–H groups in total. The number of carbonyl (C=O) groups is 4. The van der Waals surface area contributed by atoms with Crippen LogP contribution in [0.1, 0.15) is 31.7 Å². The molecule has 2 aliphatic heterocycles. The van der Waals surface area contributed by atoms with E-state index in [0.717, 1.165) is 35.9 Å². The molecule has 0 aromatic heterocycles. The molecule has 2 aromatic rings. The number of hydrogen-bond acceptors (Lipinski definition) is 7. The van der Waals surface area contributed by atoms with Crippen LogP contribution in [0, 0.1) is 5.82 Å². The predicted molar refractivity (Wildman–Crippen MR) is 146 cm³/mol. The van der Waals surface area contributed by atoms with Gasteiger partial charge >= 0.3 is 0 Å². The molecule has 0 aliphatic carbocycles. The number of amides is 4. The van der Waals surface area contributed by atoms with E-state index in [-0.39, 0.29) is 47.1 Å².